The summed E-state index contributed by atoms with van der Waals surface area (Å²) in [6.07, 6.45) is 3.71. The molecule has 0 unspecified atom stereocenters. The molecule has 0 atom stereocenters. The minimum Gasteiger partial charge on any atom is -0.497 e. The Morgan fingerprint density at radius 1 is 0.971 bits per heavy atom. The second-order valence-electron chi connectivity index (χ2n) is 7.36. The number of thioether (sulfide) groups is 1. The number of methoxy groups -OCH3 is 1. The molecule has 4 aromatic rings. The van der Waals surface area contributed by atoms with Gasteiger partial charge in [0.1, 0.15) is 5.75 Å². The van der Waals surface area contributed by atoms with Gasteiger partial charge in [0.25, 0.3) is 0 Å². The van der Waals surface area contributed by atoms with Gasteiger partial charge in [-0.1, -0.05) is 11.8 Å². The summed E-state index contributed by atoms with van der Waals surface area (Å²) >= 11 is 1.45. The molecule has 2 aromatic carbocycles. The minimum atomic E-state index is -0.118. The van der Waals surface area contributed by atoms with Crippen molar-refractivity contribution in [3.8, 4) is 22.8 Å². The monoisotopic (exact) mass is 473 g/mol. The third-order valence-electron chi connectivity index (χ3n) is 5.04. The highest BCUT2D eigenvalue weighted by molar-refractivity contribution is 7.99. The van der Waals surface area contributed by atoms with Gasteiger partial charge < -0.3 is 10.1 Å². The quantitative estimate of drug-likeness (QED) is 0.279. The van der Waals surface area contributed by atoms with Gasteiger partial charge in [0.2, 0.25) is 5.91 Å². The van der Waals surface area contributed by atoms with Crippen molar-refractivity contribution in [3.05, 3.63) is 78.6 Å². The van der Waals surface area contributed by atoms with Gasteiger partial charge in [0, 0.05) is 47.1 Å². The van der Waals surface area contributed by atoms with Crippen LogP contribution in [-0.2, 0) is 4.79 Å². The summed E-state index contributed by atoms with van der Waals surface area (Å²) in [7, 11) is 1.63. The third-order valence-corrected chi connectivity index (χ3v) is 5.97. The number of anilines is 1. The lowest BCUT2D eigenvalue weighted by Gasteiger charge is -2.11. The van der Waals surface area contributed by atoms with Crippen LogP contribution in [0.3, 0.4) is 0 Å². The van der Waals surface area contributed by atoms with E-state index in [2.05, 4.69) is 20.5 Å². The van der Waals surface area contributed by atoms with Crippen LogP contribution in [0.2, 0.25) is 0 Å². The molecular weight excluding hydrogens is 450 g/mol. The third kappa shape index (κ3) is 5.49. The summed E-state index contributed by atoms with van der Waals surface area (Å²) < 4.78 is 7.23. The minimum absolute atomic E-state index is 0.0126. The summed E-state index contributed by atoms with van der Waals surface area (Å²) in [6.45, 7) is 1.51. The van der Waals surface area contributed by atoms with E-state index in [0.29, 0.717) is 34.4 Å². The maximum Gasteiger partial charge on any atom is 0.225 e. The number of pyridine rings is 1. The van der Waals surface area contributed by atoms with Crippen LogP contribution in [0.5, 0.6) is 5.75 Å². The normalized spacial score (nSPS) is 10.6. The van der Waals surface area contributed by atoms with Gasteiger partial charge in [0.15, 0.2) is 16.8 Å². The van der Waals surface area contributed by atoms with Crippen molar-refractivity contribution < 1.29 is 14.3 Å². The van der Waals surface area contributed by atoms with Crippen LogP contribution < -0.4 is 10.1 Å². The predicted molar refractivity (Wildman–Crippen MR) is 132 cm³/mol. The molecule has 2 aromatic heterocycles. The maximum absolute atomic E-state index is 12.4. The van der Waals surface area contributed by atoms with Gasteiger partial charge >= 0.3 is 0 Å². The van der Waals surface area contributed by atoms with E-state index in [9.17, 15) is 9.59 Å². The summed E-state index contributed by atoms with van der Waals surface area (Å²) in [5.41, 5.74) is 3.03. The molecule has 0 aliphatic heterocycles. The molecule has 0 spiro atoms. The lowest BCUT2D eigenvalue weighted by atomic mass is 10.1. The van der Waals surface area contributed by atoms with Crippen molar-refractivity contribution in [1.29, 1.82) is 0 Å². The zero-order valence-electron chi connectivity index (χ0n) is 18.8. The zero-order valence-corrected chi connectivity index (χ0v) is 19.6. The fraction of sp³-hybridized carbons (Fsp3) is 0.160. The number of hydrogen-bond acceptors (Lipinski definition) is 7. The number of nitrogens with one attached hydrogen (secondary N) is 1. The Morgan fingerprint density at radius 3 is 2.32 bits per heavy atom. The summed E-state index contributed by atoms with van der Waals surface area (Å²) in [6, 6.07) is 18.2. The highest BCUT2D eigenvalue weighted by Gasteiger charge is 2.17. The Balaban J connectivity index is 1.47. The molecule has 0 saturated carbocycles. The van der Waals surface area contributed by atoms with E-state index in [1.165, 1.54) is 18.7 Å². The Kier molecular flexibility index (Phi) is 7.34. The zero-order chi connectivity index (χ0) is 23.9. The van der Waals surface area contributed by atoms with Gasteiger partial charge in [-0.05, 0) is 67.6 Å². The Labute approximate surface area is 201 Å². The van der Waals surface area contributed by atoms with Crippen LogP contribution in [0.1, 0.15) is 23.7 Å². The molecule has 172 valence electrons. The first-order valence-electron chi connectivity index (χ1n) is 10.6. The molecule has 0 fully saturated rings. The molecule has 9 heteroatoms. The lowest BCUT2D eigenvalue weighted by molar-refractivity contribution is -0.115. The molecule has 0 radical (unpaired) electrons. The molecule has 34 heavy (non-hydrogen) atoms. The predicted octanol–water partition coefficient (Wildman–Crippen LogP) is 4.66. The van der Waals surface area contributed by atoms with Crippen LogP contribution in [0.25, 0.3) is 17.1 Å². The van der Waals surface area contributed by atoms with Crippen molar-refractivity contribution in [1.82, 2.24) is 19.7 Å². The number of hydrogen-bond donors (Lipinski definition) is 1. The topological polar surface area (TPSA) is 99.0 Å². The fourth-order valence-corrected chi connectivity index (χ4v) is 4.15. The molecule has 1 amide bonds. The standard InChI is InChI=1S/C25H23N5O3S/c1-17(31)18-3-5-20(6-4-18)27-23(32)13-16-34-25-29-28-24(19-11-14-26-15-12-19)30(25)21-7-9-22(33-2)10-8-21/h3-12,14-15H,13,16H2,1-2H3,(H,27,32). The number of ketones is 1. The van der Waals surface area contributed by atoms with Crippen LogP contribution >= 0.6 is 11.8 Å². The van der Waals surface area contributed by atoms with E-state index in [1.807, 2.05) is 41.0 Å². The molecule has 0 aliphatic carbocycles. The first-order valence-corrected chi connectivity index (χ1v) is 11.6. The number of carbonyl (C=O) groups is 2. The first kappa shape index (κ1) is 23.2. The summed E-state index contributed by atoms with van der Waals surface area (Å²) in [5, 5.41) is 12.3. The van der Waals surface area contributed by atoms with E-state index in [4.69, 9.17) is 4.74 Å². The summed E-state index contributed by atoms with van der Waals surface area (Å²) in [5.74, 6) is 1.83. The molecule has 2 heterocycles. The van der Waals surface area contributed by atoms with E-state index in [-0.39, 0.29) is 11.7 Å². The smallest absolute Gasteiger partial charge is 0.225 e. The average Bonchev–Trinajstić information content (AvgIpc) is 3.29. The molecule has 0 aliphatic rings. The van der Waals surface area contributed by atoms with E-state index in [0.717, 1.165) is 17.0 Å². The van der Waals surface area contributed by atoms with Crippen molar-refractivity contribution in [2.45, 2.75) is 18.5 Å². The number of carbonyl (C=O) groups excluding carboxylic acids is 2. The number of benzene rings is 2. The first-order chi connectivity index (χ1) is 16.5. The highest BCUT2D eigenvalue weighted by atomic mass is 32.2. The van der Waals surface area contributed by atoms with E-state index >= 15 is 0 Å². The Bertz CT molecular complexity index is 1270. The molecule has 8 nitrogen and oxygen atoms in total. The summed E-state index contributed by atoms with van der Waals surface area (Å²) in [4.78, 5) is 27.9. The lowest BCUT2D eigenvalue weighted by Crippen LogP contribution is -2.12. The van der Waals surface area contributed by atoms with Crippen LogP contribution in [0, 0.1) is 0 Å². The number of rotatable bonds is 9. The van der Waals surface area contributed by atoms with Crippen LogP contribution in [-0.4, -0.2) is 44.3 Å². The van der Waals surface area contributed by atoms with Gasteiger partial charge in [-0.2, -0.15) is 0 Å². The number of ether oxygens (including phenoxy) is 1. The highest BCUT2D eigenvalue weighted by Crippen LogP contribution is 2.29. The number of aromatic nitrogens is 4. The van der Waals surface area contributed by atoms with E-state index < -0.39 is 0 Å². The van der Waals surface area contributed by atoms with E-state index in [1.54, 1.807) is 43.8 Å². The molecule has 4 rings (SSSR count). The van der Waals surface area contributed by atoms with Gasteiger partial charge in [-0.15, -0.1) is 10.2 Å². The van der Waals surface area contributed by atoms with Crippen molar-refractivity contribution in [2.24, 2.45) is 0 Å². The molecule has 0 bridgehead atoms. The van der Waals surface area contributed by atoms with Crippen molar-refractivity contribution >= 4 is 29.1 Å². The van der Waals surface area contributed by atoms with Crippen LogP contribution in [0.15, 0.2) is 78.2 Å². The number of amides is 1. The van der Waals surface area contributed by atoms with Crippen LogP contribution in [0.4, 0.5) is 5.69 Å². The van der Waals surface area contributed by atoms with Crippen molar-refractivity contribution in [2.75, 3.05) is 18.2 Å². The van der Waals surface area contributed by atoms with Gasteiger partial charge in [0.05, 0.1) is 7.11 Å². The Hall–Kier alpha value is -3.98. The van der Waals surface area contributed by atoms with Gasteiger partial charge in [-0.3, -0.25) is 19.1 Å². The Morgan fingerprint density at radius 2 is 1.68 bits per heavy atom. The van der Waals surface area contributed by atoms with Gasteiger partial charge in [-0.25, -0.2) is 0 Å². The molecule has 0 saturated heterocycles. The average molecular weight is 474 g/mol. The van der Waals surface area contributed by atoms with Crippen molar-refractivity contribution in [3.63, 3.8) is 0 Å². The second kappa shape index (κ2) is 10.8. The fourth-order valence-electron chi connectivity index (χ4n) is 3.26. The number of Topliss-reactive ketones (excluding diaryl/α,β-unsaturated/α-hetero) is 1. The SMILES string of the molecule is COc1ccc(-n2c(SCCC(=O)Nc3ccc(C(C)=O)cc3)nnc2-c2ccncc2)cc1. The second-order valence-corrected chi connectivity index (χ2v) is 8.42. The molecular formula is C25H23N5O3S. The maximum atomic E-state index is 12.4. The number of nitrogens with zero attached hydrogens (tertiary/aromatic N) is 4. The largest absolute Gasteiger partial charge is 0.497 e. The molecule has 1 N–H and O–H groups in total.